The zero-order valence-corrected chi connectivity index (χ0v) is 13.2. The molecule has 1 aliphatic rings. The molecule has 0 radical (unpaired) electrons. The number of hydrogen-bond acceptors (Lipinski definition) is 4. The lowest BCUT2D eigenvalue weighted by Gasteiger charge is -2.36. The summed E-state index contributed by atoms with van der Waals surface area (Å²) in [5.41, 5.74) is -1.11. The molecule has 0 aromatic carbocycles. The van der Waals surface area contributed by atoms with E-state index >= 15 is 0 Å². The second-order valence-corrected chi connectivity index (χ2v) is 6.12. The third kappa shape index (κ3) is 3.97. The van der Waals surface area contributed by atoms with Gasteiger partial charge in [0.1, 0.15) is 0 Å². The van der Waals surface area contributed by atoms with Crippen LogP contribution in [0.5, 0.6) is 0 Å². The fraction of sp³-hybridized carbons (Fsp3) is 0.875. The first kappa shape index (κ1) is 17.0. The van der Waals surface area contributed by atoms with E-state index in [4.69, 9.17) is 9.47 Å². The van der Waals surface area contributed by atoms with Crippen LogP contribution in [0.4, 0.5) is 0 Å². The maximum Gasteiger partial charge on any atom is 0.323 e. The van der Waals surface area contributed by atoms with Crippen LogP contribution in [0.3, 0.4) is 0 Å². The van der Waals surface area contributed by atoms with E-state index in [1.807, 2.05) is 13.8 Å². The molecule has 0 N–H and O–H groups in total. The molecule has 1 rings (SSSR count). The SMILES string of the molecule is CCOC(=O)C(CC(C)C)(CC1CCC1)C(=O)OCC. The summed E-state index contributed by atoms with van der Waals surface area (Å²) in [4.78, 5) is 24.9. The smallest absolute Gasteiger partial charge is 0.323 e. The van der Waals surface area contributed by atoms with Gasteiger partial charge in [-0.2, -0.15) is 0 Å². The first-order chi connectivity index (χ1) is 9.46. The van der Waals surface area contributed by atoms with E-state index < -0.39 is 17.4 Å². The molecule has 116 valence electrons. The molecule has 0 bridgehead atoms. The van der Waals surface area contributed by atoms with Crippen molar-refractivity contribution < 1.29 is 19.1 Å². The van der Waals surface area contributed by atoms with Crippen molar-refractivity contribution in [2.75, 3.05) is 13.2 Å². The molecule has 0 aliphatic heterocycles. The molecule has 0 spiro atoms. The minimum absolute atomic E-state index is 0.240. The van der Waals surface area contributed by atoms with Crippen LogP contribution in [0.2, 0.25) is 0 Å². The quantitative estimate of drug-likeness (QED) is 0.507. The normalized spacial score (nSPS) is 15.8. The van der Waals surface area contributed by atoms with Gasteiger partial charge in [-0.15, -0.1) is 0 Å². The zero-order valence-electron chi connectivity index (χ0n) is 13.2. The Bertz CT molecular complexity index is 313. The van der Waals surface area contributed by atoms with Gasteiger partial charge < -0.3 is 9.47 Å². The Hall–Kier alpha value is -1.06. The largest absolute Gasteiger partial charge is 0.465 e. The molecule has 0 aromatic heterocycles. The Morgan fingerprint density at radius 1 is 1.10 bits per heavy atom. The molecule has 4 heteroatoms. The van der Waals surface area contributed by atoms with Crippen LogP contribution in [0.25, 0.3) is 0 Å². The van der Waals surface area contributed by atoms with Gasteiger partial charge in [0.05, 0.1) is 13.2 Å². The Morgan fingerprint density at radius 2 is 1.60 bits per heavy atom. The minimum atomic E-state index is -1.11. The maximum atomic E-state index is 12.5. The summed E-state index contributed by atoms with van der Waals surface area (Å²) >= 11 is 0. The zero-order chi connectivity index (χ0) is 15.2. The molecule has 0 unspecified atom stereocenters. The summed E-state index contributed by atoms with van der Waals surface area (Å²) in [6.07, 6.45) is 4.45. The number of carbonyl (C=O) groups excluding carboxylic acids is 2. The van der Waals surface area contributed by atoms with Gasteiger partial charge in [0, 0.05) is 0 Å². The fourth-order valence-electron chi connectivity index (χ4n) is 2.93. The lowest BCUT2D eigenvalue weighted by Crippen LogP contribution is -2.45. The molecule has 0 amide bonds. The average Bonchev–Trinajstić information content (AvgIpc) is 2.32. The third-order valence-electron chi connectivity index (χ3n) is 3.95. The molecule has 0 saturated heterocycles. The van der Waals surface area contributed by atoms with Crippen LogP contribution >= 0.6 is 0 Å². The highest BCUT2D eigenvalue weighted by Crippen LogP contribution is 2.43. The third-order valence-corrected chi connectivity index (χ3v) is 3.95. The van der Waals surface area contributed by atoms with E-state index in [0.717, 1.165) is 12.8 Å². The maximum absolute atomic E-state index is 12.5. The van der Waals surface area contributed by atoms with E-state index in [2.05, 4.69) is 0 Å². The fourth-order valence-corrected chi connectivity index (χ4v) is 2.93. The van der Waals surface area contributed by atoms with E-state index in [1.165, 1.54) is 6.42 Å². The molecule has 1 saturated carbocycles. The van der Waals surface area contributed by atoms with Crippen molar-refractivity contribution in [2.45, 2.75) is 59.8 Å². The first-order valence-electron chi connectivity index (χ1n) is 7.80. The highest BCUT2D eigenvalue weighted by Gasteiger charge is 2.50. The van der Waals surface area contributed by atoms with Crippen LogP contribution in [-0.2, 0) is 19.1 Å². The van der Waals surface area contributed by atoms with Gasteiger partial charge in [-0.1, -0.05) is 33.1 Å². The summed E-state index contributed by atoms with van der Waals surface area (Å²) in [5.74, 6) is -0.121. The van der Waals surface area contributed by atoms with Crippen LogP contribution in [0.1, 0.15) is 59.8 Å². The first-order valence-corrected chi connectivity index (χ1v) is 7.80. The molecular formula is C16H28O4. The molecule has 0 aromatic rings. The van der Waals surface area contributed by atoms with Gasteiger partial charge >= 0.3 is 11.9 Å². The summed E-state index contributed by atoms with van der Waals surface area (Å²) < 4.78 is 10.4. The lowest BCUT2D eigenvalue weighted by molar-refractivity contribution is -0.175. The van der Waals surface area contributed by atoms with Gasteiger partial charge in [0.2, 0.25) is 0 Å². The summed E-state index contributed by atoms with van der Waals surface area (Å²) in [7, 11) is 0. The van der Waals surface area contributed by atoms with Crippen molar-refractivity contribution >= 4 is 11.9 Å². The van der Waals surface area contributed by atoms with Gasteiger partial charge in [0.25, 0.3) is 0 Å². The molecule has 1 fully saturated rings. The van der Waals surface area contributed by atoms with Gasteiger partial charge in [-0.3, -0.25) is 9.59 Å². The van der Waals surface area contributed by atoms with E-state index in [9.17, 15) is 9.59 Å². The van der Waals surface area contributed by atoms with Gasteiger partial charge in [-0.05, 0) is 38.5 Å². The van der Waals surface area contributed by atoms with Crippen LogP contribution in [0.15, 0.2) is 0 Å². The van der Waals surface area contributed by atoms with Crippen molar-refractivity contribution in [1.29, 1.82) is 0 Å². The van der Waals surface area contributed by atoms with E-state index in [1.54, 1.807) is 13.8 Å². The number of hydrogen-bond donors (Lipinski definition) is 0. The molecular weight excluding hydrogens is 256 g/mol. The molecule has 0 heterocycles. The lowest BCUT2D eigenvalue weighted by atomic mass is 9.68. The Balaban J connectivity index is 3.00. The van der Waals surface area contributed by atoms with Crippen molar-refractivity contribution in [1.82, 2.24) is 0 Å². The summed E-state index contributed by atoms with van der Waals surface area (Å²) in [5, 5.41) is 0. The molecule has 4 nitrogen and oxygen atoms in total. The van der Waals surface area contributed by atoms with Crippen molar-refractivity contribution in [2.24, 2.45) is 17.3 Å². The minimum Gasteiger partial charge on any atom is -0.465 e. The Labute approximate surface area is 122 Å². The Morgan fingerprint density at radius 3 is 1.90 bits per heavy atom. The molecule has 1 aliphatic carbocycles. The van der Waals surface area contributed by atoms with Crippen LogP contribution < -0.4 is 0 Å². The van der Waals surface area contributed by atoms with Crippen molar-refractivity contribution in [3.05, 3.63) is 0 Å². The second-order valence-electron chi connectivity index (χ2n) is 6.12. The van der Waals surface area contributed by atoms with Crippen LogP contribution in [0, 0.1) is 17.3 Å². The van der Waals surface area contributed by atoms with E-state index in [0.29, 0.717) is 32.0 Å². The number of carbonyl (C=O) groups is 2. The van der Waals surface area contributed by atoms with Gasteiger partial charge in [-0.25, -0.2) is 0 Å². The second kappa shape index (κ2) is 7.65. The predicted molar refractivity (Wildman–Crippen MR) is 77.1 cm³/mol. The monoisotopic (exact) mass is 284 g/mol. The predicted octanol–water partition coefficient (Wildman–Crippen LogP) is 3.34. The van der Waals surface area contributed by atoms with Gasteiger partial charge in [0.15, 0.2) is 5.41 Å². The molecule has 20 heavy (non-hydrogen) atoms. The number of ether oxygens (including phenoxy) is 2. The topological polar surface area (TPSA) is 52.6 Å². The highest BCUT2D eigenvalue weighted by atomic mass is 16.6. The highest BCUT2D eigenvalue weighted by molar-refractivity contribution is 6.00. The standard InChI is InChI=1S/C16H28O4/c1-5-19-14(17)16(10-12(3)4,15(18)20-6-2)11-13-8-7-9-13/h12-13H,5-11H2,1-4H3. The molecule has 0 atom stereocenters. The summed E-state index contributed by atoms with van der Waals surface area (Å²) in [6, 6.07) is 0. The van der Waals surface area contributed by atoms with E-state index in [-0.39, 0.29) is 5.92 Å². The number of rotatable bonds is 8. The Kier molecular flexibility index (Phi) is 6.50. The van der Waals surface area contributed by atoms with Crippen LogP contribution in [-0.4, -0.2) is 25.2 Å². The summed E-state index contributed by atoms with van der Waals surface area (Å²) in [6.45, 7) is 8.17. The van der Waals surface area contributed by atoms with Crippen molar-refractivity contribution in [3.8, 4) is 0 Å². The average molecular weight is 284 g/mol. The number of esters is 2. The van der Waals surface area contributed by atoms with Crippen molar-refractivity contribution in [3.63, 3.8) is 0 Å².